The molecule has 0 spiro atoms. The maximum Gasteiger partial charge on any atom is 0.224 e. The number of nitrogens with one attached hydrogen (secondary N) is 1. The molecule has 0 bridgehead atoms. The highest BCUT2D eigenvalue weighted by atomic mass is 16.1. The van der Waals surface area contributed by atoms with Gasteiger partial charge in [0, 0.05) is 23.0 Å². The van der Waals surface area contributed by atoms with Gasteiger partial charge in [0.05, 0.1) is 11.2 Å². The topological polar surface area (TPSA) is 68.0 Å². The molecule has 0 saturated heterocycles. The van der Waals surface area contributed by atoms with Crippen LogP contribution in [0.15, 0.2) is 30.3 Å². The molecular formula is C16H21N3O. The Labute approximate surface area is 119 Å². The molecule has 2 rings (SSSR count). The number of anilines is 1. The van der Waals surface area contributed by atoms with Gasteiger partial charge in [-0.25, -0.2) is 0 Å². The second-order valence-electron chi connectivity index (χ2n) is 5.87. The van der Waals surface area contributed by atoms with Crippen molar-refractivity contribution >= 4 is 22.5 Å². The second kappa shape index (κ2) is 5.59. The molecule has 0 saturated carbocycles. The van der Waals surface area contributed by atoms with E-state index in [1.165, 1.54) is 0 Å². The highest BCUT2D eigenvalue weighted by Crippen LogP contribution is 2.23. The van der Waals surface area contributed by atoms with Gasteiger partial charge in [-0.1, -0.05) is 18.2 Å². The van der Waals surface area contributed by atoms with Crippen LogP contribution in [0.3, 0.4) is 0 Å². The molecule has 1 heterocycles. The smallest absolute Gasteiger partial charge is 0.224 e. The molecule has 0 aliphatic heterocycles. The van der Waals surface area contributed by atoms with Gasteiger partial charge in [0.1, 0.15) is 0 Å². The van der Waals surface area contributed by atoms with E-state index in [-0.39, 0.29) is 11.4 Å². The Balaban J connectivity index is 2.19. The number of fused-ring (bicyclic) bond motifs is 1. The molecule has 0 aliphatic carbocycles. The summed E-state index contributed by atoms with van der Waals surface area (Å²) in [7, 11) is 0. The number of pyridine rings is 1. The molecule has 1 aromatic heterocycles. The first-order valence-electron chi connectivity index (χ1n) is 6.80. The van der Waals surface area contributed by atoms with E-state index in [2.05, 4.69) is 10.3 Å². The molecule has 4 nitrogen and oxygen atoms in total. The van der Waals surface area contributed by atoms with Crippen LogP contribution in [0.1, 0.15) is 32.4 Å². The van der Waals surface area contributed by atoms with E-state index in [0.717, 1.165) is 22.3 Å². The van der Waals surface area contributed by atoms with Crippen molar-refractivity contribution in [1.29, 1.82) is 0 Å². The standard InChI is InChI=1S/C16H21N3O/c1-11-10-14(12-6-4-5-7-13(12)18-11)19-15(20)8-9-16(2,3)17/h4-7,10H,8-9,17H2,1-3H3,(H,18,19,20). The Morgan fingerprint density at radius 3 is 2.75 bits per heavy atom. The molecule has 4 heteroatoms. The van der Waals surface area contributed by atoms with Crippen molar-refractivity contribution in [2.75, 3.05) is 5.32 Å². The monoisotopic (exact) mass is 271 g/mol. The molecule has 3 N–H and O–H groups in total. The fourth-order valence-corrected chi connectivity index (χ4v) is 2.06. The zero-order chi connectivity index (χ0) is 14.8. The van der Waals surface area contributed by atoms with Crippen LogP contribution in [0, 0.1) is 6.92 Å². The lowest BCUT2D eigenvalue weighted by atomic mass is 10.00. The van der Waals surface area contributed by atoms with Crippen molar-refractivity contribution in [2.24, 2.45) is 5.73 Å². The summed E-state index contributed by atoms with van der Waals surface area (Å²) in [6, 6.07) is 9.69. The van der Waals surface area contributed by atoms with E-state index in [0.29, 0.717) is 12.8 Å². The van der Waals surface area contributed by atoms with Crippen molar-refractivity contribution in [1.82, 2.24) is 4.98 Å². The van der Waals surface area contributed by atoms with Gasteiger partial charge in [-0.3, -0.25) is 9.78 Å². The van der Waals surface area contributed by atoms with E-state index in [9.17, 15) is 4.79 Å². The van der Waals surface area contributed by atoms with Crippen LogP contribution in [0.25, 0.3) is 10.9 Å². The van der Waals surface area contributed by atoms with Crippen LogP contribution in [0.5, 0.6) is 0 Å². The lowest BCUT2D eigenvalue weighted by Crippen LogP contribution is -2.33. The number of benzene rings is 1. The van der Waals surface area contributed by atoms with Gasteiger partial charge >= 0.3 is 0 Å². The summed E-state index contributed by atoms with van der Waals surface area (Å²) in [5, 5.41) is 3.92. The highest BCUT2D eigenvalue weighted by Gasteiger charge is 2.14. The number of nitrogens with zero attached hydrogens (tertiary/aromatic N) is 1. The third kappa shape index (κ3) is 3.78. The quantitative estimate of drug-likeness (QED) is 0.898. The Morgan fingerprint density at radius 1 is 1.35 bits per heavy atom. The molecule has 0 unspecified atom stereocenters. The van der Waals surface area contributed by atoms with Gasteiger partial charge in [-0.2, -0.15) is 0 Å². The average molecular weight is 271 g/mol. The fourth-order valence-electron chi connectivity index (χ4n) is 2.06. The summed E-state index contributed by atoms with van der Waals surface area (Å²) in [6.07, 6.45) is 1.07. The van der Waals surface area contributed by atoms with E-state index in [1.807, 2.05) is 51.1 Å². The summed E-state index contributed by atoms with van der Waals surface area (Å²) in [6.45, 7) is 5.77. The third-order valence-electron chi connectivity index (χ3n) is 3.11. The van der Waals surface area contributed by atoms with E-state index < -0.39 is 0 Å². The minimum absolute atomic E-state index is 0.0146. The number of rotatable bonds is 4. The number of carbonyl (C=O) groups excluding carboxylic acids is 1. The first-order chi connectivity index (χ1) is 9.35. The summed E-state index contributed by atoms with van der Waals surface area (Å²) in [4.78, 5) is 16.5. The minimum Gasteiger partial charge on any atom is -0.326 e. The van der Waals surface area contributed by atoms with E-state index in [1.54, 1.807) is 0 Å². The molecule has 1 aromatic carbocycles. The van der Waals surface area contributed by atoms with Gasteiger partial charge in [0.25, 0.3) is 0 Å². The number of hydrogen-bond donors (Lipinski definition) is 2. The van der Waals surface area contributed by atoms with Gasteiger partial charge < -0.3 is 11.1 Å². The molecule has 0 radical (unpaired) electrons. The predicted octanol–water partition coefficient (Wildman–Crippen LogP) is 3.00. The number of aromatic nitrogens is 1. The third-order valence-corrected chi connectivity index (χ3v) is 3.11. The molecule has 106 valence electrons. The van der Waals surface area contributed by atoms with Crippen LogP contribution in [-0.4, -0.2) is 16.4 Å². The zero-order valence-electron chi connectivity index (χ0n) is 12.2. The number of aryl methyl sites for hydroxylation is 1. The van der Waals surface area contributed by atoms with E-state index in [4.69, 9.17) is 5.73 Å². The number of para-hydroxylation sites is 1. The maximum absolute atomic E-state index is 12.0. The molecule has 0 fully saturated rings. The van der Waals surface area contributed by atoms with Crippen LogP contribution < -0.4 is 11.1 Å². The number of hydrogen-bond acceptors (Lipinski definition) is 3. The van der Waals surface area contributed by atoms with Gasteiger partial charge in [0.2, 0.25) is 5.91 Å². The largest absolute Gasteiger partial charge is 0.326 e. The van der Waals surface area contributed by atoms with Crippen LogP contribution in [0.2, 0.25) is 0 Å². The molecule has 1 amide bonds. The first kappa shape index (κ1) is 14.5. The summed E-state index contributed by atoms with van der Waals surface area (Å²) in [5.74, 6) is -0.0146. The SMILES string of the molecule is Cc1cc(NC(=O)CCC(C)(C)N)c2ccccc2n1. The number of carbonyl (C=O) groups is 1. The first-order valence-corrected chi connectivity index (χ1v) is 6.80. The van der Waals surface area contributed by atoms with Gasteiger partial charge in [-0.15, -0.1) is 0 Å². The average Bonchev–Trinajstić information content (AvgIpc) is 2.35. The van der Waals surface area contributed by atoms with Crippen LogP contribution in [0.4, 0.5) is 5.69 Å². The second-order valence-corrected chi connectivity index (χ2v) is 5.87. The Hall–Kier alpha value is -1.94. The summed E-state index contributed by atoms with van der Waals surface area (Å²) >= 11 is 0. The van der Waals surface area contributed by atoms with Crippen LogP contribution >= 0.6 is 0 Å². The Kier molecular flexibility index (Phi) is 4.04. The summed E-state index contributed by atoms with van der Waals surface area (Å²) < 4.78 is 0. The number of amides is 1. The predicted molar refractivity (Wildman–Crippen MR) is 82.6 cm³/mol. The normalized spacial score (nSPS) is 11.6. The Morgan fingerprint density at radius 2 is 2.05 bits per heavy atom. The van der Waals surface area contributed by atoms with Gasteiger partial charge in [-0.05, 0) is 39.3 Å². The van der Waals surface area contributed by atoms with Crippen molar-refractivity contribution < 1.29 is 4.79 Å². The lowest BCUT2D eigenvalue weighted by Gasteiger charge is -2.18. The fraction of sp³-hybridized carbons (Fsp3) is 0.375. The van der Waals surface area contributed by atoms with Crippen molar-refractivity contribution in [3.8, 4) is 0 Å². The molecule has 0 atom stereocenters. The molecule has 20 heavy (non-hydrogen) atoms. The van der Waals surface area contributed by atoms with Crippen molar-refractivity contribution in [2.45, 2.75) is 39.2 Å². The molecule has 0 aliphatic rings. The molecule has 2 aromatic rings. The lowest BCUT2D eigenvalue weighted by molar-refractivity contribution is -0.116. The van der Waals surface area contributed by atoms with Gasteiger partial charge in [0.15, 0.2) is 0 Å². The number of nitrogens with two attached hydrogens (primary N) is 1. The van der Waals surface area contributed by atoms with Crippen molar-refractivity contribution in [3.63, 3.8) is 0 Å². The highest BCUT2D eigenvalue weighted by molar-refractivity contribution is 6.01. The van der Waals surface area contributed by atoms with Crippen LogP contribution in [-0.2, 0) is 4.79 Å². The van der Waals surface area contributed by atoms with Crippen molar-refractivity contribution in [3.05, 3.63) is 36.0 Å². The van der Waals surface area contributed by atoms with E-state index >= 15 is 0 Å². The zero-order valence-corrected chi connectivity index (χ0v) is 12.2. The Bertz CT molecular complexity index is 629. The maximum atomic E-state index is 12.0. The molecular weight excluding hydrogens is 250 g/mol. The summed E-state index contributed by atoms with van der Waals surface area (Å²) in [5.41, 5.74) is 8.17. The minimum atomic E-state index is -0.326.